The zero-order valence-corrected chi connectivity index (χ0v) is 15.9. The second-order valence-electron chi connectivity index (χ2n) is 6.78. The van der Waals surface area contributed by atoms with Gasteiger partial charge in [-0.15, -0.1) is 12.4 Å². The summed E-state index contributed by atoms with van der Waals surface area (Å²) in [6, 6.07) is 6.08. The normalized spacial score (nSPS) is 24.3. The standard InChI is InChI=1S/C18H24ClN3O2.ClH/c1-2-20-18(24)15-6-3-12(19)10-16(15)22-17(23)9-11-7-13-4-5-14(8-11)21-13;/h3,6,10-11,13-14,21H,2,4-5,7-9H2,1H3,(H,20,24)(H,22,23);1H. The van der Waals surface area contributed by atoms with Crippen molar-refractivity contribution in [2.24, 2.45) is 5.92 Å². The first-order valence-corrected chi connectivity index (χ1v) is 9.06. The molecule has 7 heteroatoms. The lowest BCUT2D eigenvalue weighted by Gasteiger charge is -2.28. The number of carbonyl (C=O) groups excluding carboxylic acids is 2. The third-order valence-electron chi connectivity index (χ3n) is 4.88. The molecule has 2 heterocycles. The molecule has 2 bridgehead atoms. The fourth-order valence-electron chi connectivity index (χ4n) is 3.88. The first-order chi connectivity index (χ1) is 11.5. The minimum absolute atomic E-state index is 0. The summed E-state index contributed by atoms with van der Waals surface area (Å²) in [4.78, 5) is 24.6. The molecule has 1 aromatic carbocycles. The molecule has 2 fully saturated rings. The molecule has 0 aromatic heterocycles. The van der Waals surface area contributed by atoms with E-state index < -0.39 is 0 Å². The smallest absolute Gasteiger partial charge is 0.253 e. The van der Waals surface area contributed by atoms with Crippen molar-refractivity contribution in [1.29, 1.82) is 0 Å². The van der Waals surface area contributed by atoms with Crippen LogP contribution in [0, 0.1) is 5.92 Å². The van der Waals surface area contributed by atoms with E-state index >= 15 is 0 Å². The van der Waals surface area contributed by atoms with Gasteiger partial charge >= 0.3 is 0 Å². The molecule has 2 amide bonds. The van der Waals surface area contributed by atoms with E-state index in [0.717, 1.165) is 12.8 Å². The Kier molecular flexibility index (Phi) is 7.11. The van der Waals surface area contributed by atoms with Crippen LogP contribution in [0.15, 0.2) is 18.2 Å². The molecule has 138 valence electrons. The number of benzene rings is 1. The van der Waals surface area contributed by atoms with Crippen molar-refractivity contribution in [3.05, 3.63) is 28.8 Å². The molecule has 25 heavy (non-hydrogen) atoms. The van der Waals surface area contributed by atoms with Crippen LogP contribution in [0.1, 0.15) is 49.4 Å². The van der Waals surface area contributed by atoms with Gasteiger partial charge in [-0.3, -0.25) is 9.59 Å². The minimum Gasteiger partial charge on any atom is -0.352 e. The van der Waals surface area contributed by atoms with Gasteiger partial charge in [0.1, 0.15) is 0 Å². The minimum atomic E-state index is -0.204. The van der Waals surface area contributed by atoms with Crippen molar-refractivity contribution in [3.63, 3.8) is 0 Å². The fourth-order valence-corrected chi connectivity index (χ4v) is 4.05. The Morgan fingerprint density at radius 1 is 1.24 bits per heavy atom. The van der Waals surface area contributed by atoms with Gasteiger partial charge in [-0.25, -0.2) is 0 Å². The molecule has 1 aromatic rings. The van der Waals surface area contributed by atoms with Gasteiger partial charge in [-0.2, -0.15) is 0 Å². The average molecular weight is 386 g/mol. The summed E-state index contributed by atoms with van der Waals surface area (Å²) >= 11 is 6.03. The van der Waals surface area contributed by atoms with Gasteiger partial charge in [-0.1, -0.05) is 11.6 Å². The third kappa shape index (κ3) is 5.09. The average Bonchev–Trinajstić information content (AvgIpc) is 2.86. The van der Waals surface area contributed by atoms with Crippen LogP contribution in [0.3, 0.4) is 0 Å². The van der Waals surface area contributed by atoms with Crippen LogP contribution in [-0.4, -0.2) is 30.4 Å². The zero-order chi connectivity index (χ0) is 17.1. The summed E-state index contributed by atoms with van der Waals surface area (Å²) in [5.74, 6) is 0.161. The lowest BCUT2D eigenvalue weighted by atomic mass is 9.89. The van der Waals surface area contributed by atoms with Gasteiger partial charge in [0.2, 0.25) is 5.91 Å². The first kappa shape index (κ1) is 20.0. The lowest BCUT2D eigenvalue weighted by Crippen LogP contribution is -2.39. The highest BCUT2D eigenvalue weighted by Gasteiger charge is 2.34. The number of hydrogen-bond donors (Lipinski definition) is 3. The molecule has 3 N–H and O–H groups in total. The van der Waals surface area contributed by atoms with Crippen LogP contribution < -0.4 is 16.0 Å². The topological polar surface area (TPSA) is 70.2 Å². The maximum atomic E-state index is 12.5. The Balaban J connectivity index is 0.00000225. The predicted octanol–water partition coefficient (Wildman–Crippen LogP) is 3.37. The number of hydrogen-bond acceptors (Lipinski definition) is 3. The van der Waals surface area contributed by atoms with E-state index in [2.05, 4.69) is 16.0 Å². The zero-order valence-electron chi connectivity index (χ0n) is 14.3. The van der Waals surface area contributed by atoms with Crippen LogP contribution in [0.2, 0.25) is 5.02 Å². The van der Waals surface area contributed by atoms with Crippen LogP contribution in [0.5, 0.6) is 0 Å². The molecule has 0 saturated carbocycles. The molecule has 2 unspecified atom stereocenters. The van der Waals surface area contributed by atoms with E-state index in [1.807, 2.05) is 6.92 Å². The summed E-state index contributed by atoms with van der Waals surface area (Å²) in [5.41, 5.74) is 0.926. The third-order valence-corrected chi connectivity index (χ3v) is 5.12. The molecular weight excluding hydrogens is 361 g/mol. The molecule has 0 radical (unpaired) electrons. The Labute approximate surface area is 159 Å². The Bertz CT molecular complexity index is 627. The molecule has 2 aliphatic rings. The van der Waals surface area contributed by atoms with Gasteiger partial charge in [0.05, 0.1) is 11.3 Å². The van der Waals surface area contributed by atoms with Crippen LogP contribution >= 0.6 is 24.0 Å². The highest BCUT2D eigenvalue weighted by Crippen LogP contribution is 2.33. The van der Waals surface area contributed by atoms with Gasteiger partial charge in [-0.05, 0) is 56.7 Å². The second-order valence-corrected chi connectivity index (χ2v) is 7.21. The molecule has 2 aliphatic heterocycles. The molecule has 2 atom stereocenters. The number of rotatable bonds is 5. The fraction of sp³-hybridized carbons (Fsp3) is 0.556. The highest BCUT2D eigenvalue weighted by molar-refractivity contribution is 6.31. The Hall–Kier alpha value is -1.30. The maximum absolute atomic E-state index is 12.5. The van der Waals surface area contributed by atoms with E-state index in [1.54, 1.807) is 18.2 Å². The summed E-state index contributed by atoms with van der Waals surface area (Å²) < 4.78 is 0. The second kappa shape index (κ2) is 8.88. The highest BCUT2D eigenvalue weighted by atomic mass is 35.5. The van der Waals surface area contributed by atoms with E-state index in [-0.39, 0.29) is 24.2 Å². The Morgan fingerprint density at radius 3 is 2.56 bits per heavy atom. The van der Waals surface area contributed by atoms with Crippen molar-refractivity contribution in [3.8, 4) is 0 Å². The summed E-state index contributed by atoms with van der Waals surface area (Å²) in [7, 11) is 0. The van der Waals surface area contributed by atoms with Crippen molar-refractivity contribution >= 4 is 41.5 Å². The number of anilines is 1. The van der Waals surface area contributed by atoms with Crippen LogP contribution in [-0.2, 0) is 4.79 Å². The molecule has 0 spiro atoms. The largest absolute Gasteiger partial charge is 0.352 e. The number of carbonyl (C=O) groups is 2. The van der Waals surface area contributed by atoms with Crippen molar-refractivity contribution in [1.82, 2.24) is 10.6 Å². The van der Waals surface area contributed by atoms with Gasteiger partial charge in [0, 0.05) is 30.1 Å². The van der Waals surface area contributed by atoms with E-state index in [9.17, 15) is 9.59 Å². The van der Waals surface area contributed by atoms with Crippen molar-refractivity contribution in [2.45, 2.75) is 51.1 Å². The molecule has 0 aliphatic carbocycles. The number of piperidine rings is 1. The van der Waals surface area contributed by atoms with Crippen molar-refractivity contribution < 1.29 is 9.59 Å². The molecule has 5 nitrogen and oxygen atoms in total. The van der Waals surface area contributed by atoms with Gasteiger partial charge < -0.3 is 16.0 Å². The summed E-state index contributed by atoms with van der Waals surface area (Å²) in [5, 5.41) is 9.72. The first-order valence-electron chi connectivity index (χ1n) is 8.68. The SMILES string of the molecule is CCNC(=O)c1ccc(Cl)cc1NC(=O)CC1CC2CCC(C1)N2.Cl. The van der Waals surface area contributed by atoms with Crippen LogP contribution in [0.25, 0.3) is 0 Å². The van der Waals surface area contributed by atoms with E-state index in [1.165, 1.54) is 12.8 Å². The number of fused-ring (bicyclic) bond motifs is 2. The van der Waals surface area contributed by atoms with Gasteiger partial charge in [0.15, 0.2) is 0 Å². The number of amides is 2. The van der Waals surface area contributed by atoms with E-state index in [0.29, 0.717) is 47.2 Å². The Morgan fingerprint density at radius 2 is 1.92 bits per heavy atom. The lowest BCUT2D eigenvalue weighted by molar-refractivity contribution is -0.117. The molecule has 2 saturated heterocycles. The molecular formula is C18H25Cl2N3O2. The van der Waals surface area contributed by atoms with Gasteiger partial charge in [0.25, 0.3) is 5.91 Å². The number of nitrogens with one attached hydrogen (secondary N) is 3. The number of halogens is 2. The quantitative estimate of drug-likeness (QED) is 0.727. The monoisotopic (exact) mass is 385 g/mol. The molecule has 3 rings (SSSR count). The predicted molar refractivity (Wildman–Crippen MR) is 103 cm³/mol. The van der Waals surface area contributed by atoms with Crippen LogP contribution in [0.4, 0.5) is 5.69 Å². The van der Waals surface area contributed by atoms with Crippen molar-refractivity contribution in [2.75, 3.05) is 11.9 Å². The summed E-state index contributed by atoms with van der Waals surface area (Å²) in [6.45, 7) is 2.39. The maximum Gasteiger partial charge on any atom is 0.253 e. The summed E-state index contributed by atoms with van der Waals surface area (Å²) in [6.07, 6.45) is 5.05. The van der Waals surface area contributed by atoms with E-state index in [4.69, 9.17) is 11.6 Å².